The van der Waals surface area contributed by atoms with E-state index in [0.29, 0.717) is 11.6 Å². The number of aromatic amines is 1. The van der Waals surface area contributed by atoms with Crippen LogP contribution in [-0.2, 0) is 6.54 Å². The van der Waals surface area contributed by atoms with Crippen molar-refractivity contribution in [2.45, 2.75) is 6.54 Å². The lowest BCUT2D eigenvalue weighted by atomic mass is 10.2. The first-order valence-corrected chi connectivity index (χ1v) is 7.94. The van der Waals surface area contributed by atoms with E-state index in [2.05, 4.69) is 25.5 Å². The second-order valence-electron chi connectivity index (χ2n) is 5.39. The molecule has 0 radical (unpaired) electrons. The highest BCUT2D eigenvalue weighted by atomic mass is 16.5. The number of hydrogen-bond donors (Lipinski definition) is 3. The number of rotatable bonds is 6. The van der Waals surface area contributed by atoms with E-state index >= 15 is 0 Å². The molecule has 0 saturated carbocycles. The Hall–Kier alpha value is -3.55. The van der Waals surface area contributed by atoms with Crippen LogP contribution in [0.3, 0.4) is 0 Å². The minimum absolute atomic E-state index is 0.289. The smallest absolute Gasteiger partial charge is 0.193 e. The van der Waals surface area contributed by atoms with Gasteiger partial charge in [-0.05, 0) is 48.5 Å². The number of nitrogens with two attached hydrogens (primary N) is 1. The number of H-pyrrole nitrogens is 1. The number of ether oxygens (including phenoxy) is 2. The van der Waals surface area contributed by atoms with Crippen LogP contribution in [0.2, 0.25) is 0 Å². The molecule has 0 aliphatic carbocycles. The predicted molar refractivity (Wildman–Crippen MR) is 100 cm³/mol. The summed E-state index contributed by atoms with van der Waals surface area (Å²) in [5.74, 6) is 3.07. The number of hydrogen-bond acceptors (Lipinski definition) is 5. The van der Waals surface area contributed by atoms with E-state index in [0.717, 1.165) is 22.7 Å². The van der Waals surface area contributed by atoms with Gasteiger partial charge in [0.15, 0.2) is 11.8 Å². The molecule has 4 N–H and O–H groups in total. The molecule has 134 valence electrons. The molecule has 0 unspecified atom stereocenters. The maximum Gasteiger partial charge on any atom is 0.193 e. The van der Waals surface area contributed by atoms with Gasteiger partial charge in [0.25, 0.3) is 0 Å². The monoisotopic (exact) mass is 352 g/mol. The van der Waals surface area contributed by atoms with Crippen molar-refractivity contribution in [3.8, 4) is 22.9 Å². The summed E-state index contributed by atoms with van der Waals surface area (Å²) in [7, 11) is 3.25. The molecule has 3 aromatic rings. The van der Waals surface area contributed by atoms with Gasteiger partial charge in [0, 0.05) is 11.3 Å². The quantitative estimate of drug-likeness (QED) is 0.464. The number of nitrogens with one attached hydrogen (secondary N) is 2. The molecule has 0 aliphatic rings. The van der Waals surface area contributed by atoms with Crippen molar-refractivity contribution in [1.82, 2.24) is 15.2 Å². The molecule has 0 atom stereocenters. The standard InChI is InChI=1S/C18H20N6O2/c1-25-14-7-3-12(4-8-14)17-22-16(23-24-17)11-20-18(19)21-13-5-9-15(26-2)10-6-13/h3-10H,11H2,1-2H3,(H3,19,20,21)(H,22,23,24). The molecule has 0 saturated heterocycles. The van der Waals surface area contributed by atoms with E-state index in [1.807, 2.05) is 48.5 Å². The molecule has 8 heteroatoms. The Bertz CT molecular complexity index is 871. The molecule has 0 bridgehead atoms. The van der Waals surface area contributed by atoms with Crippen molar-refractivity contribution in [3.63, 3.8) is 0 Å². The molecular formula is C18H20N6O2. The Labute approximate surface area is 151 Å². The zero-order valence-corrected chi connectivity index (χ0v) is 14.6. The highest BCUT2D eigenvalue weighted by Gasteiger charge is 2.06. The fourth-order valence-corrected chi connectivity index (χ4v) is 2.26. The zero-order chi connectivity index (χ0) is 18.4. The first kappa shape index (κ1) is 17.3. The Kier molecular flexibility index (Phi) is 5.33. The van der Waals surface area contributed by atoms with Crippen LogP contribution in [-0.4, -0.2) is 35.4 Å². The number of aliphatic imine (C=N–C) groups is 1. The molecule has 1 heterocycles. The molecule has 0 fully saturated rings. The van der Waals surface area contributed by atoms with Crippen molar-refractivity contribution < 1.29 is 9.47 Å². The van der Waals surface area contributed by atoms with Gasteiger partial charge in [-0.1, -0.05) is 0 Å². The number of benzene rings is 2. The largest absolute Gasteiger partial charge is 0.497 e. The van der Waals surface area contributed by atoms with Crippen LogP contribution in [0.15, 0.2) is 53.5 Å². The van der Waals surface area contributed by atoms with Crippen LogP contribution in [0.25, 0.3) is 11.4 Å². The average molecular weight is 352 g/mol. The average Bonchev–Trinajstić information content (AvgIpc) is 3.16. The highest BCUT2D eigenvalue weighted by molar-refractivity contribution is 5.92. The van der Waals surface area contributed by atoms with E-state index in [9.17, 15) is 0 Å². The second kappa shape index (κ2) is 8.02. The van der Waals surface area contributed by atoms with Crippen LogP contribution in [0, 0.1) is 0 Å². The molecule has 1 aromatic heterocycles. The lowest BCUT2D eigenvalue weighted by Crippen LogP contribution is -2.22. The third-order valence-electron chi connectivity index (χ3n) is 3.64. The van der Waals surface area contributed by atoms with Gasteiger partial charge in [-0.2, -0.15) is 5.10 Å². The number of anilines is 1. The fourth-order valence-electron chi connectivity index (χ4n) is 2.26. The van der Waals surface area contributed by atoms with Crippen molar-refractivity contribution in [1.29, 1.82) is 0 Å². The summed E-state index contributed by atoms with van der Waals surface area (Å²) in [6.45, 7) is 0.290. The van der Waals surface area contributed by atoms with Gasteiger partial charge >= 0.3 is 0 Å². The topological polar surface area (TPSA) is 110 Å². The Morgan fingerprint density at radius 2 is 1.65 bits per heavy atom. The van der Waals surface area contributed by atoms with Crippen LogP contribution in [0.1, 0.15) is 5.82 Å². The predicted octanol–water partition coefficient (Wildman–Crippen LogP) is 2.42. The lowest BCUT2D eigenvalue weighted by Gasteiger charge is -2.06. The number of nitrogens with zero attached hydrogens (tertiary/aromatic N) is 3. The summed E-state index contributed by atoms with van der Waals surface area (Å²) in [5, 5.41) is 10.1. The summed E-state index contributed by atoms with van der Waals surface area (Å²) < 4.78 is 10.3. The molecule has 0 spiro atoms. The minimum Gasteiger partial charge on any atom is -0.497 e. The Morgan fingerprint density at radius 3 is 2.27 bits per heavy atom. The van der Waals surface area contributed by atoms with Crippen molar-refractivity contribution in [2.75, 3.05) is 19.5 Å². The SMILES string of the molecule is COc1ccc(NC(N)=NCc2nc(-c3ccc(OC)cc3)n[nH]2)cc1. The van der Waals surface area contributed by atoms with E-state index < -0.39 is 0 Å². The maximum absolute atomic E-state index is 5.91. The molecule has 0 amide bonds. The Balaban J connectivity index is 1.61. The normalized spacial score (nSPS) is 11.2. The van der Waals surface area contributed by atoms with Gasteiger partial charge in [-0.25, -0.2) is 9.98 Å². The third-order valence-corrected chi connectivity index (χ3v) is 3.64. The van der Waals surface area contributed by atoms with Crippen molar-refractivity contribution >= 4 is 11.6 Å². The molecule has 2 aromatic carbocycles. The van der Waals surface area contributed by atoms with Crippen LogP contribution < -0.4 is 20.5 Å². The van der Waals surface area contributed by atoms with Crippen LogP contribution in [0.5, 0.6) is 11.5 Å². The first-order valence-electron chi connectivity index (χ1n) is 7.94. The van der Waals surface area contributed by atoms with E-state index in [4.69, 9.17) is 15.2 Å². The molecule has 3 rings (SSSR count). The highest BCUT2D eigenvalue weighted by Crippen LogP contribution is 2.19. The van der Waals surface area contributed by atoms with E-state index in [1.165, 1.54) is 0 Å². The van der Waals surface area contributed by atoms with Crippen LogP contribution in [0.4, 0.5) is 5.69 Å². The van der Waals surface area contributed by atoms with Crippen LogP contribution >= 0.6 is 0 Å². The lowest BCUT2D eigenvalue weighted by molar-refractivity contribution is 0.415. The summed E-state index contributed by atoms with van der Waals surface area (Å²) >= 11 is 0. The summed E-state index contributed by atoms with van der Waals surface area (Å²) in [6.07, 6.45) is 0. The number of aromatic nitrogens is 3. The molecular weight excluding hydrogens is 332 g/mol. The third kappa shape index (κ3) is 4.29. The van der Waals surface area contributed by atoms with Gasteiger partial charge in [-0.3, -0.25) is 5.10 Å². The summed E-state index contributed by atoms with van der Waals surface area (Å²) in [4.78, 5) is 8.69. The fraction of sp³-hybridized carbons (Fsp3) is 0.167. The van der Waals surface area contributed by atoms with E-state index in [-0.39, 0.29) is 12.5 Å². The zero-order valence-electron chi connectivity index (χ0n) is 14.6. The van der Waals surface area contributed by atoms with Gasteiger partial charge < -0.3 is 20.5 Å². The molecule has 26 heavy (non-hydrogen) atoms. The number of methoxy groups -OCH3 is 2. The minimum atomic E-state index is 0.289. The maximum atomic E-state index is 5.91. The van der Waals surface area contributed by atoms with Gasteiger partial charge in [0.2, 0.25) is 0 Å². The van der Waals surface area contributed by atoms with Gasteiger partial charge in [-0.15, -0.1) is 0 Å². The Morgan fingerprint density at radius 1 is 1.04 bits per heavy atom. The molecule has 8 nitrogen and oxygen atoms in total. The van der Waals surface area contributed by atoms with Crippen molar-refractivity contribution in [3.05, 3.63) is 54.4 Å². The first-order chi connectivity index (χ1) is 12.7. The van der Waals surface area contributed by atoms with Gasteiger partial charge in [0.1, 0.15) is 23.9 Å². The summed E-state index contributed by atoms with van der Waals surface area (Å²) in [6, 6.07) is 14.9. The van der Waals surface area contributed by atoms with Gasteiger partial charge in [0.05, 0.1) is 14.2 Å². The van der Waals surface area contributed by atoms with E-state index in [1.54, 1.807) is 14.2 Å². The second-order valence-corrected chi connectivity index (χ2v) is 5.39. The number of guanidine groups is 1. The molecule has 0 aliphatic heterocycles. The van der Waals surface area contributed by atoms with Crippen molar-refractivity contribution in [2.24, 2.45) is 10.7 Å². The summed E-state index contributed by atoms with van der Waals surface area (Å²) in [5.41, 5.74) is 7.62.